The fourth-order valence-corrected chi connectivity index (χ4v) is 1.29. The highest BCUT2D eigenvalue weighted by molar-refractivity contribution is 5.78. The van der Waals surface area contributed by atoms with E-state index < -0.39 is 0 Å². The van der Waals surface area contributed by atoms with Crippen molar-refractivity contribution in [3.63, 3.8) is 0 Å². The van der Waals surface area contributed by atoms with Gasteiger partial charge >= 0.3 is 0 Å². The zero-order valence-corrected chi connectivity index (χ0v) is 9.82. The molecule has 1 aromatic heterocycles. The molecular weight excluding hydrogens is 190 g/mol. The zero-order chi connectivity index (χ0) is 11.4. The van der Waals surface area contributed by atoms with Crippen molar-refractivity contribution in [3.8, 4) is 0 Å². The summed E-state index contributed by atoms with van der Waals surface area (Å²) in [6.45, 7) is 5.92. The second-order valence-corrected chi connectivity index (χ2v) is 3.99. The lowest BCUT2D eigenvalue weighted by molar-refractivity contribution is -0.125. The van der Waals surface area contributed by atoms with E-state index in [0.29, 0.717) is 0 Å². The summed E-state index contributed by atoms with van der Waals surface area (Å²) in [4.78, 5) is 11.6. The van der Waals surface area contributed by atoms with Gasteiger partial charge in [0.05, 0.1) is 12.2 Å². The number of carbonyl (C=O) groups is 1. The van der Waals surface area contributed by atoms with Crippen molar-refractivity contribution >= 4 is 5.91 Å². The van der Waals surface area contributed by atoms with Gasteiger partial charge in [0.25, 0.3) is 0 Å². The zero-order valence-electron chi connectivity index (χ0n) is 9.82. The molecule has 1 amide bonds. The minimum absolute atomic E-state index is 0.0280. The largest absolute Gasteiger partial charge is 0.349 e. The maximum atomic E-state index is 11.6. The summed E-state index contributed by atoms with van der Waals surface area (Å²) in [5, 5.41) is 7.04. The van der Waals surface area contributed by atoms with Crippen LogP contribution in [0.15, 0.2) is 12.4 Å². The molecule has 0 fully saturated rings. The number of amides is 1. The summed E-state index contributed by atoms with van der Waals surface area (Å²) in [6.07, 6.45) is 4.56. The van der Waals surface area contributed by atoms with Crippen molar-refractivity contribution in [2.24, 2.45) is 13.0 Å². The molecule has 84 valence electrons. The van der Waals surface area contributed by atoms with E-state index in [9.17, 15) is 4.79 Å². The lowest BCUT2D eigenvalue weighted by atomic mass is 10.1. The van der Waals surface area contributed by atoms with Gasteiger partial charge in [0.1, 0.15) is 0 Å². The molecule has 1 rings (SSSR count). The van der Waals surface area contributed by atoms with Crippen molar-refractivity contribution in [1.29, 1.82) is 0 Å². The molecule has 1 aromatic rings. The van der Waals surface area contributed by atoms with E-state index in [0.717, 1.165) is 12.0 Å². The lowest BCUT2D eigenvalue weighted by Gasteiger charge is -2.15. The summed E-state index contributed by atoms with van der Waals surface area (Å²) in [5.74, 6) is 0.179. The molecule has 0 bridgehead atoms. The predicted molar refractivity (Wildman–Crippen MR) is 59.2 cm³/mol. The Morgan fingerprint density at radius 3 is 2.73 bits per heavy atom. The number of nitrogens with zero attached hydrogens (tertiary/aromatic N) is 2. The first kappa shape index (κ1) is 11.8. The Labute approximate surface area is 90.7 Å². The Kier molecular flexibility index (Phi) is 3.88. The molecule has 0 spiro atoms. The molecule has 0 radical (unpaired) electrons. The summed E-state index contributed by atoms with van der Waals surface area (Å²) < 4.78 is 1.74. The van der Waals surface area contributed by atoms with Crippen molar-refractivity contribution in [3.05, 3.63) is 18.0 Å². The Morgan fingerprint density at radius 1 is 1.60 bits per heavy atom. The number of carbonyl (C=O) groups excluding carboxylic acids is 1. The first-order valence-corrected chi connectivity index (χ1v) is 5.33. The van der Waals surface area contributed by atoms with Gasteiger partial charge in [-0.25, -0.2) is 0 Å². The van der Waals surface area contributed by atoms with Crippen LogP contribution in [0.3, 0.4) is 0 Å². The minimum Gasteiger partial charge on any atom is -0.349 e. The van der Waals surface area contributed by atoms with Crippen LogP contribution in [0.2, 0.25) is 0 Å². The Morgan fingerprint density at radius 2 is 2.27 bits per heavy atom. The molecule has 4 heteroatoms. The molecular formula is C11H19N3O. The fraction of sp³-hybridized carbons (Fsp3) is 0.636. The molecule has 0 aliphatic carbocycles. The van der Waals surface area contributed by atoms with Crippen LogP contribution in [0.25, 0.3) is 0 Å². The van der Waals surface area contributed by atoms with Crippen molar-refractivity contribution in [2.45, 2.75) is 33.2 Å². The number of hydrogen-bond donors (Lipinski definition) is 1. The van der Waals surface area contributed by atoms with Gasteiger partial charge in [-0.3, -0.25) is 9.48 Å². The van der Waals surface area contributed by atoms with Gasteiger partial charge in [-0.1, -0.05) is 13.8 Å². The van der Waals surface area contributed by atoms with Crippen LogP contribution in [0.1, 0.15) is 38.8 Å². The van der Waals surface area contributed by atoms with E-state index in [-0.39, 0.29) is 17.9 Å². The van der Waals surface area contributed by atoms with Gasteiger partial charge in [-0.2, -0.15) is 5.10 Å². The van der Waals surface area contributed by atoms with E-state index in [4.69, 9.17) is 0 Å². The summed E-state index contributed by atoms with van der Waals surface area (Å²) in [6, 6.07) is 0.0280. The van der Waals surface area contributed by atoms with Gasteiger partial charge in [0.15, 0.2) is 0 Å². The third kappa shape index (κ3) is 3.08. The van der Waals surface area contributed by atoms with E-state index >= 15 is 0 Å². The third-order valence-corrected chi connectivity index (χ3v) is 2.64. The number of aryl methyl sites for hydroxylation is 1. The molecule has 0 aliphatic rings. The van der Waals surface area contributed by atoms with Crippen molar-refractivity contribution < 1.29 is 4.79 Å². The second-order valence-electron chi connectivity index (χ2n) is 3.99. The molecule has 4 nitrogen and oxygen atoms in total. The van der Waals surface area contributed by atoms with E-state index in [1.807, 2.05) is 34.0 Å². The standard InChI is InChI=1S/C11H19N3O/c1-5-8(2)11(15)13-9(3)10-6-12-14(4)7-10/h6-9H,5H2,1-4H3,(H,13,15)/t8-,9-/m0/s1. The average Bonchev–Trinajstić information content (AvgIpc) is 2.63. The molecule has 1 N–H and O–H groups in total. The van der Waals surface area contributed by atoms with Crippen LogP contribution < -0.4 is 5.32 Å². The molecule has 1 heterocycles. The summed E-state index contributed by atoms with van der Waals surface area (Å²) in [5.41, 5.74) is 1.04. The topological polar surface area (TPSA) is 46.9 Å². The predicted octanol–water partition coefficient (Wildman–Crippen LogP) is 1.64. The van der Waals surface area contributed by atoms with Gasteiger partial charge in [0, 0.05) is 24.7 Å². The van der Waals surface area contributed by atoms with Gasteiger partial charge < -0.3 is 5.32 Å². The maximum absolute atomic E-state index is 11.6. The van der Waals surface area contributed by atoms with Crippen LogP contribution in [-0.4, -0.2) is 15.7 Å². The highest BCUT2D eigenvalue weighted by Crippen LogP contribution is 2.11. The van der Waals surface area contributed by atoms with Crippen molar-refractivity contribution in [1.82, 2.24) is 15.1 Å². The first-order valence-electron chi connectivity index (χ1n) is 5.33. The molecule has 0 saturated carbocycles. The molecule has 0 unspecified atom stereocenters. The summed E-state index contributed by atoms with van der Waals surface area (Å²) in [7, 11) is 1.87. The number of hydrogen-bond acceptors (Lipinski definition) is 2. The van der Waals surface area contributed by atoms with E-state index in [1.54, 1.807) is 10.9 Å². The number of nitrogens with one attached hydrogen (secondary N) is 1. The van der Waals surface area contributed by atoms with Gasteiger partial charge in [0.2, 0.25) is 5.91 Å². The van der Waals surface area contributed by atoms with Crippen LogP contribution in [0.5, 0.6) is 0 Å². The quantitative estimate of drug-likeness (QED) is 0.819. The van der Waals surface area contributed by atoms with Crippen LogP contribution in [0.4, 0.5) is 0 Å². The maximum Gasteiger partial charge on any atom is 0.223 e. The van der Waals surface area contributed by atoms with Crippen molar-refractivity contribution in [2.75, 3.05) is 0 Å². The SMILES string of the molecule is CC[C@H](C)C(=O)N[C@@H](C)c1cnn(C)c1. The number of aromatic nitrogens is 2. The normalized spacial score (nSPS) is 14.7. The molecule has 0 aliphatic heterocycles. The Balaban J connectivity index is 2.56. The molecule has 2 atom stereocenters. The number of rotatable bonds is 4. The lowest BCUT2D eigenvalue weighted by Crippen LogP contribution is -2.31. The van der Waals surface area contributed by atoms with Gasteiger partial charge in [-0.05, 0) is 13.3 Å². The highest BCUT2D eigenvalue weighted by atomic mass is 16.1. The second kappa shape index (κ2) is 4.96. The van der Waals surface area contributed by atoms with E-state index in [1.165, 1.54) is 0 Å². The van der Waals surface area contributed by atoms with E-state index in [2.05, 4.69) is 10.4 Å². The Hall–Kier alpha value is -1.32. The van der Waals surface area contributed by atoms with Crippen LogP contribution in [-0.2, 0) is 11.8 Å². The van der Waals surface area contributed by atoms with Crippen LogP contribution >= 0.6 is 0 Å². The molecule has 15 heavy (non-hydrogen) atoms. The first-order chi connectivity index (χ1) is 7.04. The Bertz CT molecular complexity index is 332. The fourth-order valence-electron chi connectivity index (χ4n) is 1.29. The highest BCUT2D eigenvalue weighted by Gasteiger charge is 2.15. The van der Waals surface area contributed by atoms with Crippen LogP contribution in [0, 0.1) is 5.92 Å². The average molecular weight is 209 g/mol. The minimum atomic E-state index is 0.0280. The monoisotopic (exact) mass is 209 g/mol. The molecule has 0 saturated heterocycles. The van der Waals surface area contributed by atoms with Gasteiger partial charge in [-0.15, -0.1) is 0 Å². The third-order valence-electron chi connectivity index (χ3n) is 2.64. The summed E-state index contributed by atoms with van der Waals surface area (Å²) >= 11 is 0. The smallest absolute Gasteiger partial charge is 0.223 e. The molecule has 0 aromatic carbocycles.